The molecule has 0 atom stereocenters. The lowest BCUT2D eigenvalue weighted by atomic mass is 10.4. The number of nitrogens with zero attached hydrogens (tertiary/aromatic N) is 3. The number of hydrogen-bond donors (Lipinski definition) is 0. The predicted molar refractivity (Wildman–Crippen MR) is 35.0 cm³/mol. The first-order valence-electron chi connectivity index (χ1n) is 2.84. The molecule has 6 heteroatoms. The van der Waals surface area contributed by atoms with Crippen LogP contribution in [0, 0.1) is 6.57 Å². The van der Waals surface area contributed by atoms with Crippen LogP contribution in [0.2, 0.25) is 0 Å². The van der Waals surface area contributed by atoms with Crippen molar-refractivity contribution in [2.45, 2.75) is 6.18 Å². The Morgan fingerprint density at radius 2 is 2.00 bits per heavy atom. The van der Waals surface area contributed by atoms with E-state index < -0.39 is 11.9 Å². The lowest BCUT2D eigenvalue weighted by Gasteiger charge is -1.97. The molecule has 62 valence electrons. The quantitative estimate of drug-likeness (QED) is 0.602. The minimum absolute atomic E-state index is 0.246. The zero-order valence-corrected chi connectivity index (χ0v) is 5.71. The molecule has 0 fully saturated rings. The summed E-state index contributed by atoms with van der Waals surface area (Å²) in [7, 11) is 0. The van der Waals surface area contributed by atoms with Crippen molar-refractivity contribution in [1.29, 1.82) is 0 Å². The Hall–Kier alpha value is -1.64. The summed E-state index contributed by atoms with van der Waals surface area (Å²) in [6.45, 7) is 4.72. The van der Waals surface area contributed by atoms with Gasteiger partial charge < -0.3 is 0 Å². The second-order valence-corrected chi connectivity index (χ2v) is 1.89. The van der Waals surface area contributed by atoms with Gasteiger partial charge in [-0.05, 0) is 4.98 Å². The fraction of sp³-hybridized carbons (Fsp3) is 0.167. The molecule has 0 aliphatic heterocycles. The maximum absolute atomic E-state index is 11.9. The van der Waals surface area contributed by atoms with Crippen LogP contribution < -0.4 is 0 Å². The maximum Gasteiger partial charge on any atom is 0.459 e. The lowest BCUT2D eigenvalue weighted by Crippen LogP contribution is -2.07. The molecule has 1 aromatic heterocycles. The highest BCUT2D eigenvalue weighted by molar-refractivity contribution is 5.33. The molecule has 0 radical (unpaired) electrons. The zero-order chi connectivity index (χ0) is 9.19. The van der Waals surface area contributed by atoms with E-state index in [9.17, 15) is 13.2 Å². The van der Waals surface area contributed by atoms with Crippen molar-refractivity contribution in [2.24, 2.45) is 0 Å². The molecule has 0 amide bonds. The van der Waals surface area contributed by atoms with Crippen LogP contribution in [-0.4, -0.2) is 9.97 Å². The molecule has 0 spiro atoms. The molecule has 12 heavy (non-hydrogen) atoms. The van der Waals surface area contributed by atoms with E-state index in [0.717, 1.165) is 6.20 Å². The van der Waals surface area contributed by atoms with Crippen LogP contribution in [0.3, 0.4) is 0 Å². The van der Waals surface area contributed by atoms with Gasteiger partial charge in [0.1, 0.15) is 12.8 Å². The molecule has 1 heterocycles. The van der Waals surface area contributed by atoms with Crippen LogP contribution in [-0.2, 0) is 6.18 Å². The summed E-state index contributed by atoms with van der Waals surface area (Å²) in [5, 5.41) is 0. The summed E-state index contributed by atoms with van der Waals surface area (Å²) in [4.78, 5) is 9.32. The smallest absolute Gasteiger partial charge is 0.250 e. The minimum atomic E-state index is -4.51. The summed E-state index contributed by atoms with van der Waals surface area (Å²) in [6, 6.07) is 0. The SMILES string of the molecule is C#[N+]c1cncc(C(F)(F)F)n1. The number of aromatic nitrogens is 2. The maximum atomic E-state index is 11.9. The molecule has 1 aromatic rings. The van der Waals surface area contributed by atoms with Gasteiger partial charge in [-0.3, -0.25) is 0 Å². The van der Waals surface area contributed by atoms with Gasteiger partial charge in [-0.15, -0.1) is 0 Å². The van der Waals surface area contributed by atoms with E-state index in [0.29, 0.717) is 6.20 Å². The van der Waals surface area contributed by atoms with E-state index in [4.69, 9.17) is 6.57 Å². The lowest BCUT2D eigenvalue weighted by molar-refractivity contribution is -0.141. The first kappa shape index (κ1) is 8.46. The highest BCUT2D eigenvalue weighted by Crippen LogP contribution is 2.27. The summed E-state index contributed by atoms with van der Waals surface area (Å²) < 4.78 is 35.8. The first-order valence-corrected chi connectivity index (χ1v) is 2.84. The van der Waals surface area contributed by atoms with Crippen molar-refractivity contribution >= 4 is 5.82 Å². The molecule has 0 aliphatic rings. The van der Waals surface area contributed by atoms with Crippen molar-refractivity contribution < 1.29 is 13.2 Å². The third-order valence-corrected chi connectivity index (χ3v) is 1.04. The van der Waals surface area contributed by atoms with Crippen molar-refractivity contribution in [1.82, 2.24) is 9.97 Å². The summed E-state index contributed by atoms with van der Waals surface area (Å²) in [5.41, 5.74) is -1.10. The van der Waals surface area contributed by atoms with E-state index in [2.05, 4.69) is 14.8 Å². The standard InChI is InChI=1S/C6H3F3N3/c1-10-5-3-11-2-4(12-5)6(7,8)9/h1-3H/q+1. The Balaban J connectivity index is 3.13. The van der Waals surface area contributed by atoms with Gasteiger partial charge in [0.25, 0.3) is 5.69 Å². The number of hydrogen-bond acceptors (Lipinski definition) is 2. The number of halogens is 3. The Labute approximate surface area is 65.7 Å². The average molecular weight is 174 g/mol. The van der Waals surface area contributed by atoms with Crippen LogP contribution >= 0.6 is 0 Å². The Morgan fingerprint density at radius 1 is 1.33 bits per heavy atom. The largest absolute Gasteiger partial charge is 0.459 e. The molecule has 0 bridgehead atoms. The number of alkyl halides is 3. The van der Waals surface area contributed by atoms with Gasteiger partial charge >= 0.3 is 12.0 Å². The molecule has 3 nitrogen and oxygen atoms in total. The predicted octanol–water partition coefficient (Wildman–Crippen LogP) is 2.09. The first-order chi connectivity index (χ1) is 5.54. The normalized spacial score (nSPS) is 10.8. The van der Waals surface area contributed by atoms with Gasteiger partial charge in [-0.1, -0.05) is 0 Å². The van der Waals surface area contributed by atoms with Crippen molar-refractivity contribution in [3.8, 4) is 6.57 Å². The molecule has 1 rings (SSSR count). The molecule has 0 saturated heterocycles. The minimum Gasteiger partial charge on any atom is -0.250 e. The monoisotopic (exact) mass is 174 g/mol. The molecular formula is C6H3F3N3+. The van der Waals surface area contributed by atoms with Gasteiger partial charge in [0.05, 0.1) is 6.20 Å². The van der Waals surface area contributed by atoms with E-state index >= 15 is 0 Å². The summed E-state index contributed by atoms with van der Waals surface area (Å²) >= 11 is 0. The fourth-order valence-corrected chi connectivity index (χ4v) is 0.554. The van der Waals surface area contributed by atoms with Crippen LogP contribution in [0.25, 0.3) is 4.85 Å². The summed E-state index contributed by atoms with van der Waals surface area (Å²) in [5.74, 6) is -0.246. The topological polar surface area (TPSA) is 30.1 Å². The van der Waals surface area contributed by atoms with Crippen LogP contribution in [0.1, 0.15) is 5.69 Å². The third-order valence-electron chi connectivity index (χ3n) is 1.04. The fourth-order valence-electron chi connectivity index (χ4n) is 0.554. The van der Waals surface area contributed by atoms with Crippen LogP contribution in [0.4, 0.5) is 19.0 Å². The van der Waals surface area contributed by atoms with E-state index in [1.54, 1.807) is 0 Å². The van der Waals surface area contributed by atoms with Gasteiger partial charge in [-0.2, -0.15) is 18.0 Å². The highest BCUT2D eigenvalue weighted by Gasteiger charge is 2.38. The van der Waals surface area contributed by atoms with Crippen LogP contribution in [0.5, 0.6) is 0 Å². The van der Waals surface area contributed by atoms with Crippen molar-refractivity contribution in [3.05, 3.63) is 22.9 Å². The van der Waals surface area contributed by atoms with Gasteiger partial charge in [0, 0.05) is 0 Å². The molecule has 0 saturated carbocycles. The Morgan fingerprint density at radius 3 is 2.50 bits per heavy atom. The second kappa shape index (κ2) is 2.77. The third kappa shape index (κ3) is 1.69. The molecule has 0 unspecified atom stereocenters. The Kier molecular flexibility index (Phi) is 1.95. The molecule has 0 aliphatic carbocycles. The second-order valence-electron chi connectivity index (χ2n) is 1.89. The molecular weight excluding hydrogens is 171 g/mol. The average Bonchev–Trinajstić information content (AvgIpc) is 2.03. The van der Waals surface area contributed by atoms with Gasteiger partial charge in [0.15, 0.2) is 0 Å². The van der Waals surface area contributed by atoms with Crippen molar-refractivity contribution in [2.75, 3.05) is 0 Å². The van der Waals surface area contributed by atoms with E-state index in [1.807, 2.05) is 0 Å². The Bertz CT molecular complexity index is 326. The number of rotatable bonds is 0. The van der Waals surface area contributed by atoms with E-state index in [1.165, 1.54) is 0 Å². The summed E-state index contributed by atoms with van der Waals surface area (Å²) in [6.07, 6.45) is -2.86. The van der Waals surface area contributed by atoms with Gasteiger partial charge in [-0.25, -0.2) is 4.98 Å². The highest BCUT2D eigenvalue weighted by atomic mass is 19.4. The van der Waals surface area contributed by atoms with E-state index in [-0.39, 0.29) is 5.82 Å². The van der Waals surface area contributed by atoms with Crippen molar-refractivity contribution in [3.63, 3.8) is 0 Å². The van der Waals surface area contributed by atoms with Gasteiger partial charge in [0.2, 0.25) is 0 Å². The zero-order valence-electron chi connectivity index (χ0n) is 5.71. The molecule has 0 N–H and O–H groups in total. The van der Waals surface area contributed by atoms with Crippen LogP contribution in [0.15, 0.2) is 12.4 Å². The molecule has 0 aromatic carbocycles.